The van der Waals surface area contributed by atoms with E-state index in [1.54, 1.807) is 0 Å². The predicted molar refractivity (Wildman–Crippen MR) is 56.4 cm³/mol. The van der Waals surface area contributed by atoms with E-state index in [0.29, 0.717) is 12.3 Å². The lowest BCUT2D eigenvalue weighted by Crippen LogP contribution is -2.39. The van der Waals surface area contributed by atoms with Crippen molar-refractivity contribution < 1.29 is 23.1 Å². The Balaban J connectivity index is 2.52. The van der Waals surface area contributed by atoms with Gasteiger partial charge in [-0.2, -0.15) is 13.2 Å². The molecular weight excluding hydrogens is 235 g/mol. The van der Waals surface area contributed by atoms with E-state index in [1.807, 2.05) is 0 Å². The summed E-state index contributed by atoms with van der Waals surface area (Å²) in [6, 6.07) is 0. The lowest BCUT2D eigenvalue weighted by molar-refractivity contribution is -0.152. The minimum atomic E-state index is -4.22. The van der Waals surface area contributed by atoms with Crippen molar-refractivity contribution in [2.24, 2.45) is 17.1 Å². The van der Waals surface area contributed by atoms with Gasteiger partial charge < -0.3 is 10.8 Å². The number of carboxylic acid groups (broad SMARTS) is 1. The summed E-state index contributed by atoms with van der Waals surface area (Å²) < 4.78 is 36.1. The van der Waals surface area contributed by atoms with Gasteiger partial charge >= 0.3 is 12.1 Å². The van der Waals surface area contributed by atoms with E-state index in [4.69, 9.17) is 10.8 Å². The van der Waals surface area contributed by atoms with Crippen LogP contribution >= 0.6 is 0 Å². The summed E-state index contributed by atoms with van der Waals surface area (Å²) in [4.78, 5) is 11.2. The van der Waals surface area contributed by atoms with Gasteiger partial charge in [0.25, 0.3) is 0 Å². The summed E-state index contributed by atoms with van der Waals surface area (Å²) in [6.07, 6.45) is -2.97. The van der Waals surface area contributed by atoms with Gasteiger partial charge in [-0.05, 0) is 25.2 Å². The molecule has 0 aromatic heterocycles. The normalized spacial score (nSPS) is 20.0. The fraction of sp³-hybridized carbons (Fsp3) is 0.909. The molecule has 0 aromatic rings. The molecule has 3 N–H and O–H groups in total. The van der Waals surface area contributed by atoms with Crippen molar-refractivity contribution in [2.45, 2.75) is 44.7 Å². The maximum Gasteiger partial charge on any atom is 0.389 e. The minimum Gasteiger partial charge on any atom is -0.481 e. The van der Waals surface area contributed by atoms with Crippen LogP contribution in [0.5, 0.6) is 0 Å². The van der Waals surface area contributed by atoms with Crippen LogP contribution in [0.25, 0.3) is 0 Å². The molecule has 6 heteroatoms. The average Bonchev–Trinajstić information content (AvgIpc) is 2.97. The second-order valence-corrected chi connectivity index (χ2v) is 4.91. The Morgan fingerprint density at radius 2 is 1.88 bits per heavy atom. The first-order chi connectivity index (χ1) is 7.79. The Hall–Kier alpha value is -0.780. The topological polar surface area (TPSA) is 63.3 Å². The van der Waals surface area contributed by atoms with Gasteiger partial charge in [0.15, 0.2) is 0 Å². The van der Waals surface area contributed by atoms with Crippen LogP contribution in [0.15, 0.2) is 0 Å². The molecule has 0 spiro atoms. The molecule has 1 aliphatic rings. The summed E-state index contributed by atoms with van der Waals surface area (Å²) in [5.41, 5.74) is 4.31. The number of rotatable bonds is 7. The van der Waals surface area contributed by atoms with Gasteiger partial charge in [-0.15, -0.1) is 0 Å². The third-order valence-electron chi connectivity index (χ3n) is 3.34. The van der Waals surface area contributed by atoms with Crippen molar-refractivity contribution in [3.8, 4) is 0 Å². The molecule has 1 saturated carbocycles. The standard InChI is InChI=1S/C11H18F3NO2/c12-11(13,14)5-1-4-10(7-15,9(16)17)6-8-2-3-8/h8H,1-7,15H2,(H,16,17). The minimum absolute atomic E-state index is 0.00877. The van der Waals surface area contributed by atoms with E-state index in [0.717, 1.165) is 12.8 Å². The van der Waals surface area contributed by atoms with Crippen molar-refractivity contribution in [3.05, 3.63) is 0 Å². The second kappa shape index (κ2) is 5.25. The molecule has 17 heavy (non-hydrogen) atoms. The van der Waals surface area contributed by atoms with Gasteiger partial charge in [0.2, 0.25) is 0 Å². The Morgan fingerprint density at radius 3 is 2.24 bits per heavy atom. The number of carbonyl (C=O) groups is 1. The highest BCUT2D eigenvalue weighted by molar-refractivity contribution is 5.75. The van der Waals surface area contributed by atoms with E-state index >= 15 is 0 Å². The molecule has 1 rings (SSSR count). The number of hydrogen-bond acceptors (Lipinski definition) is 2. The number of alkyl halides is 3. The van der Waals surface area contributed by atoms with Crippen molar-refractivity contribution in [1.82, 2.24) is 0 Å². The highest BCUT2D eigenvalue weighted by atomic mass is 19.4. The van der Waals surface area contributed by atoms with Crippen LogP contribution in [0.3, 0.4) is 0 Å². The third kappa shape index (κ3) is 4.53. The molecule has 0 radical (unpaired) electrons. The first-order valence-corrected chi connectivity index (χ1v) is 5.79. The molecule has 0 aromatic carbocycles. The summed E-state index contributed by atoms with van der Waals surface area (Å²) in [7, 11) is 0. The molecule has 0 bridgehead atoms. The molecule has 1 fully saturated rings. The van der Waals surface area contributed by atoms with E-state index in [9.17, 15) is 18.0 Å². The Kier molecular flexibility index (Phi) is 4.41. The van der Waals surface area contributed by atoms with Crippen molar-refractivity contribution in [1.29, 1.82) is 0 Å². The Labute approximate surface area is 98.2 Å². The molecule has 0 heterocycles. The van der Waals surface area contributed by atoms with Crippen LogP contribution in [-0.4, -0.2) is 23.8 Å². The van der Waals surface area contributed by atoms with Crippen LogP contribution in [0, 0.1) is 11.3 Å². The number of hydrogen-bond donors (Lipinski definition) is 2. The van der Waals surface area contributed by atoms with E-state index in [1.165, 1.54) is 0 Å². The number of nitrogens with two attached hydrogens (primary N) is 1. The van der Waals surface area contributed by atoms with Gasteiger partial charge in [0.1, 0.15) is 0 Å². The van der Waals surface area contributed by atoms with Crippen molar-refractivity contribution in [2.75, 3.05) is 6.54 Å². The SMILES string of the molecule is NCC(CCCC(F)(F)F)(CC1CC1)C(=O)O. The molecule has 0 saturated heterocycles. The lowest BCUT2D eigenvalue weighted by Gasteiger charge is -2.28. The predicted octanol–water partition coefficient (Wildman–Crippen LogP) is 2.55. The molecule has 0 aliphatic heterocycles. The van der Waals surface area contributed by atoms with Gasteiger partial charge in [0, 0.05) is 13.0 Å². The average molecular weight is 253 g/mol. The highest BCUT2D eigenvalue weighted by Gasteiger charge is 2.42. The molecule has 1 unspecified atom stereocenters. The number of aliphatic carboxylic acids is 1. The van der Waals surface area contributed by atoms with Crippen LogP contribution in [-0.2, 0) is 4.79 Å². The zero-order valence-electron chi connectivity index (χ0n) is 9.59. The maximum atomic E-state index is 12.0. The lowest BCUT2D eigenvalue weighted by atomic mass is 9.78. The maximum absolute atomic E-state index is 12.0. The monoisotopic (exact) mass is 253 g/mol. The fourth-order valence-electron chi connectivity index (χ4n) is 2.07. The first kappa shape index (κ1) is 14.3. The molecule has 3 nitrogen and oxygen atoms in total. The van der Waals surface area contributed by atoms with Crippen LogP contribution < -0.4 is 5.73 Å². The summed E-state index contributed by atoms with van der Waals surface area (Å²) in [5, 5.41) is 9.17. The van der Waals surface area contributed by atoms with Crippen LogP contribution in [0.2, 0.25) is 0 Å². The zero-order valence-corrected chi connectivity index (χ0v) is 9.59. The zero-order chi connectivity index (χ0) is 13.1. The quantitative estimate of drug-likeness (QED) is 0.733. The third-order valence-corrected chi connectivity index (χ3v) is 3.34. The van der Waals surface area contributed by atoms with E-state index < -0.39 is 24.0 Å². The number of carboxylic acids is 1. The second-order valence-electron chi connectivity index (χ2n) is 4.91. The Bertz CT molecular complexity index is 276. The van der Waals surface area contributed by atoms with E-state index in [2.05, 4.69) is 0 Å². The fourth-order valence-corrected chi connectivity index (χ4v) is 2.07. The summed E-state index contributed by atoms with van der Waals surface area (Å²) >= 11 is 0. The highest BCUT2D eigenvalue weighted by Crippen LogP contribution is 2.43. The van der Waals surface area contributed by atoms with Crippen LogP contribution in [0.1, 0.15) is 38.5 Å². The largest absolute Gasteiger partial charge is 0.481 e. The van der Waals surface area contributed by atoms with E-state index in [-0.39, 0.29) is 19.4 Å². The first-order valence-electron chi connectivity index (χ1n) is 5.79. The molecule has 0 amide bonds. The molecule has 100 valence electrons. The molecule has 1 atom stereocenters. The summed E-state index contributed by atoms with van der Waals surface area (Å²) in [6.45, 7) is -0.0866. The van der Waals surface area contributed by atoms with Crippen molar-refractivity contribution >= 4 is 5.97 Å². The van der Waals surface area contributed by atoms with Gasteiger partial charge in [0.05, 0.1) is 5.41 Å². The smallest absolute Gasteiger partial charge is 0.389 e. The van der Waals surface area contributed by atoms with Crippen molar-refractivity contribution in [3.63, 3.8) is 0 Å². The van der Waals surface area contributed by atoms with Gasteiger partial charge in [-0.3, -0.25) is 4.79 Å². The van der Waals surface area contributed by atoms with Crippen LogP contribution in [0.4, 0.5) is 13.2 Å². The van der Waals surface area contributed by atoms with Gasteiger partial charge in [-0.25, -0.2) is 0 Å². The molecular formula is C11H18F3NO2. The number of halogens is 3. The van der Waals surface area contributed by atoms with Gasteiger partial charge in [-0.1, -0.05) is 12.8 Å². The molecule has 1 aliphatic carbocycles. The Morgan fingerprint density at radius 1 is 1.29 bits per heavy atom. The summed E-state index contributed by atoms with van der Waals surface area (Å²) in [5.74, 6) is -0.727.